The average molecular weight is 331 g/mol. The Morgan fingerprint density at radius 2 is 2.17 bits per heavy atom. The number of likely N-dealkylation sites (tertiary alicyclic amines) is 2. The minimum Gasteiger partial charge on any atom is -0.492 e. The first kappa shape index (κ1) is 15.7. The van der Waals surface area contributed by atoms with Crippen LogP contribution in [0.15, 0.2) is 24.5 Å². The number of urea groups is 1. The summed E-state index contributed by atoms with van der Waals surface area (Å²) >= 11 is 0. The van der Waals surface area contributed by atoms with Gasteiger partial charge in [-0.15, -0.1) is 0 Å². The van der Waals surface area contributed by atoms with Gasteiger partial charge >= 0.3 is 6.03 Å². The van der Waals surface area contributed by atoms with Crippen LogP contribution in [0.2, 0.25) is 0 Å². The molecule has 3 aliphatic heterocycles. The molecule has 4 heterocycles. The van der Waals surface area contributed by atoms with Crippen molar-refractivity contribution in [1.29, 1.82) is 0 Å². The fourth-order valence-electron chi connectivity index (χ4n) is 4.14. The molecule has 0 radical (unpaired) electrons. The van der Waals surface area contributed by atoms with Gasteiger partial charge in [-0.05, 0) is 43.7 Å². The Kier molecular flexibility index (Phi) is 4.31. The van der Waals surface area contributed by atoms with Crippen molar-refractivity contribution >= 4 is 6.03 Å². The molecular weight excluding hydrogens is 306 g/mol. The molecule has 0 saturated carbocycles. The molecular formula is C18H25N3O3. The van der Waals surface area contributed by atoms with Gasteiger partial charge in [0.15, 0.2) is 0 Å². The van der Waals surface area contributed by atoms with Crippen molar-refractivity contribution in [2.45, 2.75) is 31.3 Å². The molecule has 1 aromatic heterocycles. The summed E-state index contributed by atoms with van der Waals surface area (Å²) < 4.78 is 11.8. The largest absolute Gasteiger partial charge is 0.492 e. The number of pyridine rings is 1. The number of hydrogen-bond acceptors (Lipinski definition) is 4. The van der Waals surface area contributed by atoms with E-state index in [4.69, 9.17) is 9.47 Å². The second-order valence-corrected chi connectivity index (χ2v) is 7.06. The molecule has 0 aromatic carbocycles. The number of hydrogen-bond donors (Lipinski definition) is 0. The average Bonchev–Trinajstić information content (AvgIpc) is 3.24. The van der Waals surface area contributed by atoms with Gasteiger partial charge < -0.3 is 19.3 Å². The Balaban J connectivity index is 1.27. The highest BCUT2D eigenvalue weighted by molar-refractivity contribution is 5.76. The highest BCUT2D eigenvalue weighted by Gasteiger charge is 2.54. The molecule has 1 atom stereocenters. The van der Waals surface area contributed by atoms with Crippen LogP contribution in [0.5, 0.6) is 5.75 Å². The van der Waals surface area contributed by atoms with Gasteiger partial charge in [0.2, 0.25) is 0 Å². The van der Waals surface area contributed by atoms with Gasteiger partial charge in [-0.3, -0.25) is 4.98 Å². The molecule has 130 valence electrons. The van der Waals surface area contributed by atoms with Crippen molar-refractivity contribution in [2.75, 3.05) is 39.4 Å². The zero-order valence-electron chi connectivity index (χ0n) is 14.0. The van der Waals surface area contributed by atoms with Crippen LogP contribution < -0.4 is 4.74 Å². The van der Waals surface area contributed by atoms with Gasteiger partial charge in [-0.25, -0.2) is 4.79 Å². The van der Waals surface area contributed by atoms with Crippen LogP contribution in [0.25, 0.3) is 0 Å². The van der Waals surface area contributed by atoms with Crippen LogP contribution in [0, 0.1) is 5.92 Å². The first-order valence-corrected chi connectivity index (χ1v) is 8.97. The van der Waals surface area contributed by atoms with Crippen molar-refractivity contribution in [3.05, 3.63) is 24.5 Å². The van der Waals surface area contributed by atoms with Crippen LogP contribution in [0.3, 0.4) is 0 Å². The second kappa shape index (κ2) is 6.59. The van der Waals surface area contributed by atoms with E-state index in [2.05, 4.69) is 4.98 Å². The van der Waals surface area contributed by atoms with E-state index in [1.807, 2.05) is 21.9 Å². The Morgan fingerprint density at radius 3 is 2.92 bits per heavy atom. The number of aromatic nitrogens is 1. The summed E-state index contributed by atoms with van der Waals surface area (Å²) in [5.41, 5.74) is -0.131. The van der Waals surface area contributed by atoms with E-state index >= 15 is 0 Å². The highest BCUT2D eigenvalue weighted by atomic mass is 16.5. The minimum atomic E-state index is -0.131. The fraction of sp³-hybridized carbons (Fsp3) is 0.667. The molecule has 0 bridgehead atoms. The highest BCUT2D eigenvalue weighted by Crippen LogP contribution is 2.42. The minimum absolute atomic E-state index is 0.131. The van der Waals surface area contributed by atoms with Crippen LogP contribution in [-0.4, -0.2) is 65.8 Å². The number of rotatable bonds is 4. The number of carbonyl (C=O) groups is 1. The summed E-state index contributed by atoms with van der Waals surface area (Å²) in [4.78, 5) is 20.4. The van der Waals surface area contributed by atoms with Crippen LogP contribution in [0.1, 0.15) is 25.7 Å². The van der Waals surface area contributed by atoms with Gasteiger partial charge in [0.1, 0.15) is 11.4 Å². The molecule has 3 aliphatic rings. The zero-order valence-corrected chi connectivity index (χ0v) is 14.0. The maximum Gasteiger partial charge on any atom is 0.320 e. The van der Waals surface area contributed by atoms with Crippen molar-refractivity contribution in [1.82, 2.24) is 14.8 Å². The van der Waals surface area contributed by atoms with Crippen molar-refractivity contribution in [3.8, 4) is 5.75 Å². The van der Waals surface area contributed by atoms with E-state index in [-0.39, 0.29) is 11.6 Å². The van der Waals surface area contributed by atoms with E-state index in [0.717, 1.165) is 64.2 Å². The van der Waals surface area contributed by atoms with E-state index in [0.29, 0.717) is 12.5 Å². The molecule has 1 spiro atoms. The summed E-state index contributed by atoms with van der Waals surface area (Å²) in [5.74, 6) is 1.28. The molecule has 0 unspecified atom stereocenters. The van der Waals surface area contributed by atoms with Crippen LogP contribution in [0.4, 0.5) is 4.79 Å². The van der Waals surface area contributed by atoms with Crippen molar-refractivity contribution < 1.29 is 14.3 Å². The monoisotopic (exact) mass is 331 g/mol. The van der Waals surface area contributed by atoms with Gasteiger partial charge in [0.25, 0.3) is 0 Å². The predicted molar refractivity (Wildman–Crippen MR) is 88.9 cm³/mol. The van der Waals surface area contributed by atoms with E-state index in [1.54, 1.807) is 12.4 Å². The first-order chi connectivity index (χ1) is 11.8. The summed E-state index contributed by atoms with van der Waals surface area (Å²) in [5, 5.41) is 0. The number of amides is 2. The maximum atomic E-state index is 12.4. The molecule has 6 heteroatoms. The molecule has 2 amide bonds. The molecule has 3 fully saturated rings. The number of nitrogens with zero attached hydrogens (tertiary/aromatic N) is 3. The molecule has 1 aromatic rings. The van der Waals surface area contributed by atoms with E-state index < -0.39 is 0 Å². The zero-order chi connectivity index (χ0) is 16.4. The molecule has 6 nitrogen and oxygen atoms in total. The van der Waals surface area contributed by atoms with Gasteiger partial charge in [-0.2, -0.15) is 0 Å². The quantitative estimate of drug-likeness (QED) is 0.848. The Labute approximate surface area is 142 Å². The molecule has 0 N–H and O–H groups in total. The van der Waals surface area contributed by atoms with Gasteiger partial charge in [0.05, 0.1) is 25.9 Å². The smallest absolute Gasteiger partial charge is 0.320 e. The third-order valence-corrected chi connectivity index (χ3v) is 5.53. The SMILES string of the molecule is O=C(N1CCCC1)N1CC2(C1)OCC[C@H]2CCOc1cccnc1. The first-order valence-electron chi connectivity index (χ1n) is 8.97. The summed E-state index contributed by atoms with van der Waals surface area (Å²) in [7, 11) is 0. The lowest BCUT2D eigenvalue weighted by molar-refractivity contribution is -0.119. The normalized spacial score (nSPS) is 25.1. The molecule has 3 saturated heterocycles. The third kappa shape index (κ3) is 2.95. The lowest BCUT2D eigenvalue weighted by Gasteiger charge is -2.51. The van der Waals surface area contributed by atoms with Crippen molar-refractivity contribution in [3.63, 3.8) is 0 Å². The Bertz CT molecular complexity index is 568. The standard InChI is InChI=1S/C18H25N3O3/c22-17(20-8-1-2-9-20)21-13-18(14-21)15(6-11-24-18)5-10-23-16-4-3-7-19-12-16/h3-4,7,12,15H,1-2,5-6,8-11,13-14H2/t15-/m1/s1. The summed E-state index contributed by atoms with van der Waals surface area (Å²) in [6.07, 6.45) is 7.77. The Morgan fingerprint density at radius 1 is 1.33 bits per heavy atom. The fourth-order valence-corrected chi connectivity index (χ4v) is 4.14. The molecule has 24 heavy (non-hydrogen) atoms. The molecule has 4 rings (SSSR count). The number of carbonyl (C=O) groups excluding carboxylic acids is 1. The van der Waals surface area contributed by atoms with Crippen LogP contribution in [-0.2, 0) is 4.74 Å². The summed E-state index contributed by atoms with van der Waals surface area (Å²) in [6, 6.07) is 4.00. The predicted octanol–water partition coefficient (Wildman–Crippen LogP) is 2.16. The van der Waals surface area contributed by atoms with Crippen molar-refractivity contribution in [2.24, 2.45) is 5.92 Å². The topological polar surface area (TPSA) is 54.9 Å². The molecule has 0 aliphatic carbocycles. The Hall–Kier alpha value is -1.82. The third-order valence-electron chi connectivity index (χ3n) is 5.53. The lowest BCUT2D eigenvalue weighted by atomic mass is 9.79. The number of ether oxygens (including phenoxy) is 2. The van der Waals surface area contributed by atoms with Gasteiger partial charge in [0, 0.05) is 25.9 Å². The second-order valence-electron chi connectivity index (χ2n) is 7.06. The van der Waals surface area contributed by atoms with E-state index in [9.17, 15) is 4.79 Å². The van der Waals surface area contributed by atoms with Crippen LogP contribution >= 0.6 is 0 Å². The van der Waals surface area contributed by atoms with Gasteiger partial charge in [-0.1, -0.05) is 0 Å². The summed E-state index contributed by atoms with van der Waals surface area (Å²) in [6.45, 7) is 4.75. The maximum absolute atomic E-state index is 12.4. The lowest BCUT2D eigenvalue weighted by Crippen LogP contribution is -2.67. The van der Waals surface area contributed by atoms with E-state index in [1.165, 1.54) is 0 Å².